The van der Waals surface area contributed by atoms with Crippen LogP contribution in [0.25, 0.3) is 0 Å². The van der Waals surface area contributed by atoms with Gasteiger partial charge in [-0.3, -0.25) is 4.79 Å². The molecule has 1 heterocycles. The molecule has 0 atom stereocenters. The zero-order chi connectivity index (χ0) is 20.6. The second-order valence-electron chi connectivity index (χ2n) is 8.22. The van der Waals surface area contributed by atoms with Crippen LogP contribution in [-0.4, -0.2) is 50.3 Å². The summed E-state index contributed by atoms with van der Waals surface area (Å²) in [4.78, 5) is 16.5. The molecule has 0 aromatic heterocycles. The minimum absolute atomic E-state index is 0.0782. The second-order valence-corrected chi connectivity index (χ2v) is 8.63. The molecule has 3 N–H and O–H groups in total. The molecule has 1 aromatic carbocycles. The average molecular weight is 409 g/mol. The number of benzene rings is 1. The van der Waals surface area contributed by atoms with Crippen molar-refractivity contribution in [3.05, 3.63) is 34.9 Å². The van der Waals surface area contributed by atoms with Gasteiger partial charge in [-0.15, -0.1) is 0 Å². The summed E-state index contributed by atoms with van der Waals surface area (Å²) in [5.41, 5.74) is 0.739. The summed E-state index contributed by atoms with van der Waals surface area (Å²) in [6.45, 7) is 10.7. The number of aliphatic imine (C=N–C) groups is 1. The Kier molecular flexibility index (Phi) is 8.13. The molecule has 2 rings (SSSR count). The molecule has 0 bridgehead atoms. The number of ether oxygens (including phenoxy) is 1. The van der Waals surface area contributed by atoms with Gasteiger partial charge in [-0.25, -0.2) is 4.99 Å². The van der Waals surface area contributed by atoms with Crippen molar-refractivity contribution in [3.8, 4) is 0 Å². The molecule has 28 heavy (non-hydrogen) atoms. The third kappa shape index (κ3) is 6.67. The Hall–Kier alpha value is -1.79. The fourth-order valence-corrected chi connectivity index (χ4v) is 3.73. The van der Waals surface area contributed by atoms with Crippen LogP contribution in [0.1, 0.15) is 46.1 Å². The van der Waals surface area contributed by atoms with Crippen LogP contribution >= 0.6 is 11.6 Å². The van der Waals surface area contributed by atoms with E-state index < -0.39 is 0 Å². The summed E-state index contributed by atoms with van der Waals surface area (Å²) in [5, 5.41) is 10.3. The van der Waals surface area contributed by atoms with Gasteiger partial charge in [0, 0.05) is 42.3 Å². The van der Waals surface area contributed by atoms with Crippen LogP contribution in [0, 0.1) is 0 Å². The van der Waals surface area contributed by atoms with E-state index in [9.17, 15) is 4.79 Å². The van der Waals surface area contributed by atoms with Gasteiger partial charge < -0.3 is 20.7 Å². The first-order chi connectivity index (χ1) is 13.3. The Balaban J connectivity index is 2.11. The maximum Gasteiger partial charge on any atom is 0.242 e. The molecule has 1 fully saturated rings. The van der Waals surface area contributed by atoms with Crippen LogP contribution in [0.5, 0.6) is 0 Å². The normalized spacial score (nSPS) is 17.1. The summed E-state index contributed by atoms with van der Waals surface area (Å²) in [7, 11) is 0. The van der Waals surface area contributed by atoms with Crippen molar-refractivity contribution in [2.75, 3.05) is 32.8 Å². The molecule has 0 saturated carbocycles. The molecule has 1 aromatic rings. The lowest BCUT2D eigenvalue weighted by Crippen LogP contribution is -2.48. The molecule has 0 spiro atoms. The standard InChI is InChI=1S/C21H33ClN4O2/c1-5-23-19(24-14-18(27)26-20(2,3)4)25-15-21(10-12-28-13-11-21)16-8-6-7-9-17(16)22/h6-9H,5,10-15H2,1-4H3,(H,26,27)(H2,23,24,25). The zero-order valence-electron chi connectivity index (χ0n) is 17.4. The van der Waals surface area contributed by atoms with E-state index >= 15 is 0 Å². The molecular weight excluding hydrogens is 376 g/mol. The van der Waals surface area contributed by atoms with Gasteiger partial charge in [-0.1, -0.05) is 29.8 Å². The Morgan fingerprint density at radius 3 is 2.50 bits per heavy atom. The van der Waals surface area contributed by atoms with Gasteiger partial charge in [0.25, 0.3) is 0 Å². The summed E-state index contributed by atoms with van der Waals surface area (Å²) >= 11 is 6.52. The van der Waals surface area contributed by atoms with Crippen LogP contribution in [0.15, 0.2) is 29.3 Å². The van der Waals surface area contributed by atoms with Crippen molar-refractivity contribution in [2.24, 2.45) is 4.99 Å². The Morgan fingerprint density at radius 1 is 1.21 bits per heavy atom. The summed E-state index contributed by atoms with van der Waals surface area (Å²) in [6, 6.07) is 8.00. The summed E-state index contributed by atoms with van der Waals surface area (Å²) in [6.07, 6.45) is 1.77. The van der Waals surface area contributed by atoms with Gasteiger partial charge in [0.1, 0.15) is 6.54 Å². The van der Waals surface area contributed by atoms with E-state index in [4.69, 9.17) is 16.3 Å². The molecule has 0 radical (unpaired) electrons. The smallest absolute Gasteiger partial charge is 0.242 e. The Labute approximate surface area is 173 Å². The molecule has 1 saturated heterocycles. The highest BCUT2D eigenvalue weighted by Crippen LogP contribution is 2.38. The maximum absolute atomic E-state index is 12.1. The molecular formula is C21H33ClN4O2. The van der Waals surface area contributed by atoms with Crippen molar-refractivity contribution in [1.29, 1.82) is 0 Å². The van der Waals surface area contributed by atoms with E-state index in [0.29, 0.717) is 25.7 Å². The van der Waals surface area contributed by atoms with E-state index in [1.165, 1.54) is 0 Å². The van der Waals surface area contributed by atoms with E-state index in [1.54, 1.807) is 0 Å². The van der Waals surface area contributed by atoms with Gasteiger partial charge in [-0.2, -0.15) is 0 Å². The van der Waals surface area contributed by atoms with Crippen LogP contribution in [0.2, 0.25) is 5.02 Å². The zero-order valence-corrected chi connectivity index (χ0v) is 18.2. The van der Waals surface area contributed by atoms with Gasteiger partial charge in [0.05, 0.1) is 0 Å². The number of hydrogen-bond acceptors (Lipinski definition) is 3. The molecule has 1 amide bonds. The number of guanidine groups is 1. The van der Waals surface area contributed by atoms with Crippen LogP contribution in [-0.2, 0) is 14.9 Å². The molecule has 7 heteroatoms. The number of nitrogens with zero attached hydrogens (tertiary/aromatic N) is 1. The van der Waals surface area contributed by atoms with Gasteiger partial charge in [0.2, 0.25) is 5.91 Å². The van der Waals surface area contributed by atoms with Crippen molar-refractivity contribution in [1.82, 2.24) is 16.0 Å². The maximum atomic E-state index is 12.1. The minimum Gasteiger partial charge on any atom is -0.381 e. The second kappa shape index (κ2) is 10.1. The Morgan fingerprint density at radius 2 is 1.89 bits per heavy atom. The molecule has 156 valence electrons. The molecule has 6 nitrogen and oxygen atoms in total. The SMILES string of the molecule is CCNC(=NCC(=O)NC(C)(C)C)NCC1(c2ccccc2Cl)CCOCC1. The first-order valence-electron chi connectivity index (χ1n) is 9.92. The molecule has 0 aliphatic carbocycles. The lowest BCUT2D eigenvalue weighted by Gasteiger charge is -2.38. The number of carbonyl (C=O) groups is 1. The largest absolute Gasteiger partial charge is 0.381 e. The van der Waals surface area contributed by atoms with Crippen LogP contribution in [0.3, 0.4) is 0 Å². The fourth-order valence-electron chi connectivity index (χ4n) is 3.40. The first-order valence-corrected chi connectivity index (χ1v) is 10.3. The lowest BCUT2D eigenvalue weighted by atomic mass is 9.74. The molecule has 0 unspecified atom stereocenters. The third-order valence-corrected chi connectivity index (χ3v) is 5.06. The average Bonchev–Trinajstić information content (AvgIpc) is 2.64. The highest BCUT2D eigenvalue weighted by atomic mass is 35.5. The highest BCUT2D eigenvalue weighted by molar-refractivity contribution is 6.31. The Bertz CT molecular complexity index is 679. The van der Waals surface area contributed by atoms with Crippen molar-refractivity contribution in [3.63, 3.8) is 0 Å². The van der Waals surface area contributed by atoms with Crippen molar-refractivity contribution in [2.45, 2.75) is 51.5 Å². The van der Waals surface area contributed by atoms with Gasteiger partial charge >= 0.3 is 0 Å². The predicted octanol–water partition coefficient (Wildman–Crippen LogP) is 2.86. The number of rotatable bonds is 6. The monoisotopic (exact) mass is 408 g/mol. The lowest BCUT2D eigenvalue weighted by molar-refractivity contribution is -0.121. The number of carbonyl (C=O) groups excluding carboxylic acids is 1. The quantitative estimate of drug-likeness (QED) is 0.499. The number of halogens is 1. The van der Waals surface area contributed by atoms with Crippen molar-refractivity contribution >= 4 is 23.5 Å². The number of hydrogen-bond donors (Lipinski definition) is 3. The predicted molar refractivity (Wildman–Crippen MR) is 115 cm³/mol. The number of amides is 1. The van der Waals surface area contributed by atoms with E-state index in [-0.39, 0.29) is 23.4 Å². The van der Waals surface area contributed by atoms with Crippen molar-refractivity contribution < 1.29 is 9.53 Å². The van der Waals surface area contributed by atoms with E-state index in [2.05, 4.69) is 27.0 Å². The summed E-state index contributed by atoms with van der Waals surface area (Å²) in [5.74, 6) is 0.529. The van der Waals surface area contributed by atoms with E-state index in [1.807, 2.05) is 45.9 Å². The third-order valence-electron chi connectivity index (χ3n) is 4.73. The number of nitrogens with one attached hydrogen (secondary N) is 3. The molecule has 1 aliphatic rings. The van der Waals surface area contributed by atoms with Crippen LogP contribution < -0.4 is 16.0 Å². The van der Waals surface area contributed by atoms with Crippen LogP contribution in [0.4, 0.5) is 0 Å². The van der Waals surface area contributed by atoms with Gasteiger partial charge in [-0.05, 0) is 52.2 Å². The highest BCUT2D eigenvalue weighted by Gasteiger charge is 2.36. The van der Waals surface area contributed by atoms with Gasteiger partial charge in [0.15, 0.2) is 5.96 Å². The van der Waals surface area contributed by atoms with E-state index in [0.717, 1.165) is 30.0 Å². The summed E-state index contributed by atoms with van der Waals surface area (Å²) < 4.78 is 5.60. The topological polar surface area (TPSA) is 74.8 Å². The minimum atomic E-state index is -0.269. The molecule has 1 aliphatic heterocycles. The fraction of sp³-hybridized carbons (Fsp3) is 0.619. The first kappa shape index (κ1) is 22.5.